The fourth-order valence-corrected chi connectivity index (χ4v) is 3.12. The number of hydrogen-bond acceptors (Lipinski definition) is 4. The number of nitrogens with zero attached hydrogens (tertiary/aromatic N) is 3. The van der Waals surface area contributed by atoms with E-state index in [0.29, 0.717) is 0 Å². The molecule has 1 spiro atoms. The number of piperidine rings is 1. The van der Waals surface area contributed by atoms with Gasteiger partial charge < -0.3 is 9.47 Å². The Kier molecular flexibility index (Phi) is 3.55. The molecule has 0 unspecified atom stereocenters. The number of likely N-dealkylation sites (tertiary alicyclic amines) is 1. The van der Waals surface area contributed by atoms with Gasteiger partial charge in [-0.15, -0.1) is 0 Å². The molecule has 0 amide bonds. The van der Waals surface area contributed by atoms with E-state index in [1.165, 1.54) is 0 Å². The monoisotopic (exact) mass is 285 g/mol. The van der Waals surface area contributed by atoms with Crippen molar-refractivity contribution < 1.29 is 9.47 Å². The smallest absolute Gasteiger partial charge is 0.170 e. The molecule has 3 heterocycles. The molecule has 0 N–H and O–H groups in total. The van der Waals surface area contributed by atoms with Crippen LogP contribution in [0.15, 0.2) is 0 Å². The second-order valence-corrected chi connectivity index (χ2v) is 5.73. The van der Waals surface area contributed by atoms with Gasteiger partial charge in [-0.3, -0.25) is 9.58 Å². The molecule has 0 bridgehead atoms. The van der Waals surface area contributed by atoms with Crippen molar-refractivity contribution in [3.63, 3.8) is 0 Å². The van der Waals surface area contributed by atoms with Gasteiger partial charge >= 0.3 is 0 Å². The van der Waals surface area contributed by atoms with Gasteiger partial charge in [-0.2, -0.15) is 5.10 Å². The Bertz CT molecular complexity index is 459. The molecule has 0 saturated carbocycles. The number of rotatable bonds is 2. The highest BCUT2D eigenvalue weighted by Crippen LogP contribution is 2.32. The molecule has 2 aliphatic rings. The van der Waals surface area contributed by atoms with Crippen molar-refractivity contribution in [1.29, 1.82) is 0 Å². The third-order valence-electron chi connectivity index (χ3n) is 4.07. The van der Waals surface area contributed by atoms with Crippen molar-refractivity contribution in [2.75, 3.05) is 26.3 Å². The fraction of sp³-hybridized carbons (Fsp3) is 0.769. The number of aryl methyl sites for hydroxylation is 2. The largest absolute Gasteiger partial charge is 0.347 e. The van der Waals surface area contributed by atoms with Gasteiger partial charge in [-0.25, -0.2) is 0 Å². The van der Waals surface area contributed by atoms with Gasteiger partial charge in [-0.05, 0) is 6.92 Å². The summed E-state index contributed by atoms with van der Waals surface area (Å²) in [6, 6.07) is 0. The minimum Gasteiger partial charge on any atom is -0.347 e. The van der Waals surface area contributed by atoms with Gasteiger partial charge in [0.2, 0.25) is 0 Å². The topological polar surface area (TPSA) is 39.5 Å². The minimum atomic E-state index is -0.303. The van der Waals surface area contributed by atoms with Gasteiger partial charge in [-0.1, -0.05) is 11.6 Å². The minimum absolute atomic E-state index is 0.303. The molecule has 106 valence electrons. The van der Waals surface area contributed by atoms with Crippen LogP contribution in [0.5, 0.6) is 0 Å². The van der Waals surface area contributed by atoms with E-state index in [1.54, 1.807) is 0 Å². The molecular weight excluding hydrogens is 266 g/mol. The SMILES string of the molecule is Cc1nn(C)c(CN2CCC3(CC2)OCCO3)c1Cl. The number of ether oxygens (including phenoxy) is 2. The highest BCUT2D eigenvalue weighted by molar-refractivity contribution is 6.31. The normalized spacial score (nSPS) is 23.3. The van der Waals surface area contributed by atoms with Gasteiger partial charge in [0.05, 0.1) is 29.6 Å². The zero-order valence-corrected chi connectivity index (χ0v) is 12.2. The molecule has 0 atom stereocenters. The van der Waals surface area contributed by atoms with Crippen LogP contribution < -0.4 is 0 Å². The zero-order chi connectivity index (χ0) is 13.5. The van der Waals surface area contributed by atoms with Crippen LogP contribution in [0.4, 0.5) is 0 Å². The Morgan fingerprint density at radius 3 is 2.42 bits per heavy atom. The van der Waals surface area contributed by atoms with E-state index in [0.717, 1.165) is 62.1 Å². The fourth-order valence-electron chi connectivity index (χ4n) is 2.90. The number of halogens is 1. The van der Waals surface area contributed by atoms with Crippen molar-refractivity contribution in [2.45, 2.75) is 32.1 Å². The van der Waals surface area contributed by atoms with E-state index >= 15 is 0 Å². The number of aromatic nitrogens is 2. The third-order valence-corrected chi connectivity index (χ3v) is 4.56. The molecule has 3 rings (SSSR count). The first-order valence-corrected chi connectivity index (χ1v) is 7.16. The molecule has 1 aromatic heterocycles. The van der Waals surface area contributed by atoms with Crippen LogP contribution in [0.1, 0.15) is 24.2 Å². The summed E-state index contributed by atoms with van der Waals surface area (Å²) < 4.78 is 13.4. The Labute approximate surface area is 118 Å². The summed E-state index contributed by atoms with van der Waals surface area (Å²) in [5.41, 5.74) is 1.98. The van der Waals surface area contributed by atoms with Crippen molar-refractivity contribution in [1.82, 2.24) is 14.7 Å². The first kappa shape index (κ1) is 13.4. The molecule has 19 heavy (non-hydrogen) atoms. The van der Waals surface area contributed by atoms with E-state index in [1.807, 2.05) is 18.7 Å². The second kappa shape index (κ2) is 5.05. The van der Waals surface area contributed by atoms with E-state index in [9.17, 15) is 0 Å². The molecule has 2 aliphatic heterocycles. The summed E-state index contributed by atoms with van der Waals surface area (Å²) in [6.45, 7) is 6.18. The van der Waals surface area contributed by atoms with Crippen LogP contribution in [0.3, 0.4) is 0 Å². The first-order chi connectivity index (χ1) is 9.10. The van der Waals surface area contributed by atoms with Crippen LogP contribution >= 0.6 is 11.6 Å². The predicted molar refractivity (Wildman–Crippen MR) is 72.1 cm³/mol. The maximum absolute atomic E-state index is 6.29. The Morgan fingerprint density at radius 2 is 1.89 bits per heavy atom. The third kappa shape index (κ3) is 2.52. The van der Waals surface area contributed by atoms with Crippen LogP contribution in [0.25, 0.3) is 0 Å². The summed E-state index contributed by atoms with van der Waals surface area (Å²) in [7, 11) is 1.95. The molecule has 0 aliphatic carbocycles. The van der Waals surface area contributed by atoms with E-state index in [-0.39, 0.29) is 5.79 Å². The van der Waals surface area contributed by atoms with E-state index < -0.39 is 0 Å². The van der Waals surface area contributed by atoms with Gasteiger partial charge in [0.1, 0.15) is 0 Å². The molecule has 1 aromatic rings. The molecule has 5 nitrogen and oxygen atoms in total. The van der Waals surface area contributed by atoms with Crippen LogP contribution in [0.2, 0.25) is 5.02 Å². The van der Waals surface area contributed by atoms with E-state index in [2.05, 4.69) is 10.00 Å². The predicted octanol–water partition coefficient (Wildman–Crippen LogP) is 1.72. The second-order valence-electron chi connectivity index (χ2n) is 5.35. The Balaban J connectivity index is 1.63. The highest BCUT2D eigenvalue weighted by Gasteiger charge is 2.39. The van der Waals surface area contributed by atoms with Crippen LogP contribution in [0, 0.1) is 6.92 Å². The van der Waals surface area contributed by atoms with Crippen LogP contribution in [-0.4, -0.2) is 46.8 Å². The summed E-state index contributed by atoms with van der Waals surface area (Å²) in [4.78, 5) is 2.39. The summed E-state index contributed by atoms with van der Waals surface area (Å²) in [5, 5.41) is 5.14. The molecule has 0 radical (unpaired) electrons. The van der Waals surface area contributed by atoms with Gasteiger partial charge in [0, 0.05) is 39.5 Å². The Morgan fingerprint density at radius 1 is 1.26 bits per heavy atom. The quantitative estimate of drug-likeness (QED) is 0.829. The average molecular weight is 286 g/mol. The molecule has 6 heteroatoms. The summed E-state index contributed by atoms with van der Waals surface area (Å²) in [6.07, 6.45) is 1.86. The lowest BCUT2D eigenvalue weighted by Gasteiger charge is -2.37. The van der Waals surface area contributed by atoms with Crippen molar-refractivity contribution in [3.05, 3.63) is 16.4 Å². The maximum atomic E-state index is 6.29. The molecular formula is C13H20ClN3O2. The van der Waals surface area contributed by atoms with Crippen molar-refractivity contribution in [2.24, 2.45) is 7.05 Å². The highest BCUT2D eigenvalue weighted by atomic mass is 35.5. The van der Waals surface area contributed by atoms with Crippen molar-refractivity contribution >= 4 is 11.6 Å². The lowest BCUT2D eigenvalue weighted by Crippen LogP contribution is -2.44. The molecule has 2 saturated heterocycles. The lowest BCUT2D eigenvalue weighted by atomic mass is 10.0. The standard InChI is InChI=1S/C13H20ClN3O2/c1-10-12(14)11(16(2)15-10)9-17-5-3-13(4-6-17)18-7-8-19-13/h3-9H2,1-2H3. The van der Waals surface area contributed by atoms with E-state index in [4.69, 9.17) is 21.1 Å². The van der Waals surface area contributed by atoms with Crippen molar-refractivity contribution in [3.8, 4) is 0 Å². The van der Waals surface area contributed by atoms with Gasteiger partial charge in [0.25, 0.3) is 0 Å². The number of hydrogen-bond donors (Lipinski definition) is 0. The Hall–Kier alpha value is -0.620. The molecule has 2 fully saturated rings. The first-order valence-electron chi connectivity index (χ1n) is 6.78. The molecule has 0 aromatic carbocycles. The average Bonchev–Trinajstić information content (AvgIpc) is 2.94. The van der Waals surface area contributed by atoms with Crippen LogP contribution in [-0.2, 0) is 23.1 Å². The zero-order valence-electron chi connectivity index (χ0n) is 11.5. The summed E-state index contributed by atoms with van der Waals surface area (Å²) >= 11 is 6.29. The maximum Gasteiger partial charge on any atom is 0.170 e. The van der Waals surface area contributed by atoms with Gasteiger partial charge in [0.15, 0.2) is 5.79 Å². The summed E-state index contributed by atoms with van der Waals surface area (Å²) in [5.74, 6) is -0.303. The lowest BCUT2D eigenvalue weighted by molar-refractivity contribution is -0.185.